The number of aryl methyl sites for hydroxylation is 1. The number of benzene rings is 1. The van der Waals surface area contributed by atoms with Gasteiger partial charge < -0.3 is 5.73 Å². The zero-order chi connectivity index (χ0) is 9.30. The average molecular weight is 188 g/mol. The molecular formula is C9H11ClFN. The highest BCUT2D eigenvalue weighted by atomic mass is 35.5. The summed E-state index contributed by atoms with van der Waals surface area (Å²) in [6.07, 6.45) is 0. The van der Waals surface area contributed by atoms with Crippen LogP contribution in [0.1, 0.15) is 24.1 Å². The van der Waals surface area contributed by atoms with E-state index in [1.54, 1.807) is 13.0 Å². The Morgan fingerprint density at radius 2 is 2.08 bits per heavy atom. The molecule has 0 aromatic heterocycles. The molecule has 1 atom stereocenters. The molecule has 0 spiro atoms. The van der Waals surface area contributed by atoms with Gasteiger partial charge >= 0.3 is 0 Å². The van der Waals surface area contributed by atoms with Crippen molar-refractivity contribution in [3.05, 3.63) is 34.1 Å². The van der Waals surface area contributed by atoms with Crippen LogP contribution in [0.5, 0.6) is 0 Å². The standard InChI is InChI=1S/C9H11ClFN/c1-5-3-7(6(2)12)8(10)4-9(5)11/h3-4,6H,12H2,1-2H3. The van der Waals surface area contributed by atoms with E-state index in [9.17, 15) is 4.39 Å². The van der Waals surface area contributed by atoms with E-state index >= 15 is 0 Å². The molecule has 0 aliphatic heterocycles. The van der Waals surface area contributed by atoms with Gasteiger partial charge in [0.05, 0.1) is 0 Å². The maximum Gasteiger partial charge on any atom is 0.127 e. The largest absolute Gasteiger partial charge is 0.324 e. The lowest BCUT2D eigenvalue weighted by molar-refractivity contribution is 0.616. The molecule has 2 N–H and O–H groups in total. The van der Waals surface area contributed by atoms with E-state index in [-0.39, 0.29) is 11.9 Å². The van der Waals surface area contributed by atoms with Crippen LogP contribution in [0.2, 0.25) is 5.02 Å². The molecule has 0 fully saturated rings. The summed E-state index contributed by atoms with van der Waals surface area (Å²) in [7, 11) is 0. The SMILES string of the molecule is Cc1cc(C(C)N)c(Cl)cc1F. The highest BCUT2D eigenvalue weighted by Gasteiger charge is 2.08. The molecule has 12 heavy (non-hydrogen) atoms. The molecule has 0 saturated carbocycles. The molecule has 0 heterocycles. The lowest BCUT2D eigenvalue weighted by Crippen LogP contribution is -2.06. The fourth-order valence-corrected chi connectivity index (χ4v) is 1.35. The Morgan fingerprint density at radius 3 is 2.58 bits per heavy atom. The van der Waals surface area contributed by atoms with Crippen LogP contribution in [-0.4, -0.2) is 0 Å². The molecule has 1 rings (SSSR count). The highest BCUT2D eigenvalue weighted by Crippen LogP contribution is 2.24. The van der Waals surface area contributed by atoms with Gasteiger partial charge in [-0.3, -0.25) is 0 Å². The molecule has 1 nitrogen and oxygen atoms in total. The summed E-state index contributed by atoms with van der Waals surface area (Å²) in [5.74, 6) is -0.288. The van der Waals surface area contributed by atoms with Crippen molar-refractivity contribution in [2.24, 2.45) is 5.73 Å². The van der Waals surface area contributed by atoms with Crippen molar-refractivity contribution in [3.63, 3.8) is 0 Å². The third-order valence-corrected chi connectivity index (χ3v) is 2.10. The van der Waals surface area contributed by atoms with E-state index < -0.39 is 0 Å². The van der Waals surface area contributed by atoms with Crippen molar-refractivity contribution in [2.45, 2.75) is 19.9 Å². The third kappa shape index (κ3) is 1.76. The Morgan fingerprint density at radius 1 is 1.50 bits per heavy atom. The number of hydrogen-bond acceptors (Lipinski definition) is 1. The molecular weight excluding hydrogens is 177 g/mol. The van der Waals surface area contributed by atoms with Crippen molar-refractivity contribution >= 4 is 11.6 Å². The van der Waals surface area contributed by atoms with E-state index in [0.29, 0.717) is 10.6 Å². The Bertz CT molecular complexity index is 297. The number of hydrogen-bond donors (Lipinski definition) is 1. The summed E-state index contributed by atoms with van der Waals surface area (Å²) >= 11 is 5.78. The molecule has 0 aliphatic carbocycles. The van der Waals surface area contributed by atoms with Gasteiger partial charge in [-0.25, -0.2) is 4.39 Å². The fraction of sp³-hybridized carbons (Fsp3) is 0.333. The summed E-state index contributed by atoms with van der Waals surface area (Å²) < 4.78 is 12.9. The molecule has 0 radical (unpaired) electrons. The van der Waals surface area contributed by atoms with Gasteiger partial charge in [-0.2, -0.15) is 0 Å². The number of halogens is 2. The summed E-state index contributed by atoms with van der Waals surface area (Å²) in [5, 5.41) is 0.396. The van der Waals surface area contributed by atoms with Crippen LogP contribution in [0, 0.1) is 12.7 Å². The quantitative estimate of drug-likeness (QED) is 0.719. The Labute approximate surface area is 76.3 Å². The van der Waals surface area contributed by atoms with Gasteiger partial charge in [0.25, 0.3) is 0 Å². The van der Waals surface area contributed by atoms with Crippen molar-refractivity contribution in [3.8, 4) is 0 Å². The zero-order valence-electron chi connectivity index (χ0n) is 7.07. The first-order valence-corrected chi connectivity index (χ1v) is 4.11. The molecule has 3 heteroatoms. The molecule has 0 saturated heterocycles. The van der Waals surface area contributed by atoms with Gasteiger partial charge in [0.15, 0.2) is 0 Å². The first-order valence-electron chi connectivity index (χ1n) is 3.73. The summed E-state index contributed by atoms with van der Waals surface area (Å²) in [5.41, 5.74) is 6.99. The van der Waals surface area contributed by atoms with Gasteiger partial charge in [0.2, 0.25) is 0 Å². The van der Waals surface area contributed by atoms with Crippen molar-refractivity contribution in [1.29, 1.82) is 0 Å². The molecule has 1 aromatic carbocycles. The molecule has 66 valence electrons. The second-order valence-corrected chi connectivity index (χ2v) is 3.32. The summed E-state index contributed by atoms with van der Waals surface area (Å²) in [6, 6.07) is 2.83. The number of nitrogens with two attached hydrogens (primary N) is 1. The molecule has 0 bridgehead atoms. The van der Waals surface area contributed by atoms with Crippen LogP contribution in [0.3, 0.4) is 0 Å². The minimum atomic E-state index is -0.288. The fourth-order valence-electron chi connectivity index (χ4n) is 1.03. The topological polar surface area (TPSA) is 26.0 Å². The van der Waals surface area contributed by atoms with Gasteiger partial charge in [-0.1, -0.05) is 17.7 Å². The van der Waals surface area contributed by atoms with Crippen LogP contribution in [0.15, 0.2) is 12.1 Å². The maximum absolute atomic E-state index is 12.9. The van der Waals surface area contributed by atoms with Gasteiger partial charge in [0.1, 0.15) is 5.82 Å². The van der Waals surface area contributed by atoms with E-state index in [2.05, 4.69) is 0 Å². The third-order valence-electron chi connectivity index (χ3n) is 1.77. The summed E-state index contributed by atoms with van der Waals surface area (Å²) in [6.45, 7) is 3.51. The minimum Gasteiger partial charge on any atom is -0.324 e. The van der Waals surface area contributed by atoms with E-state index in [1.807, 2.05) is 6.92 Å². The Balaban J connectivity index is 3.23. The first-order chi connectivity index (χ1) is 5.52. The predicted octanol–water partition coefficient (Wildman–Crippen LogP) is 2.81. The average Bonchev–Trinajstić information content (AvgIpc) is 1.96. The normalized spacial score (nSPS) is 13.1. The van der Waals surface area contributed by atoms with Crippen molar-refractivity contribution < 1.29 is 4.39 Å². The second-order valence-electron chi connectivity index (χ2n) is 2.91. The molecule has 1 unspecified atom stereocenters. The van der Waals surface area contributed by atoms with Crippen molar-refractivity contribution in [2.75, 3.05) is 0 Å². The van der Waals surface area contributed by atoms with Gasteiger partial charge in [-0.05, 0) is 31.0 Å². The maximum atomic E-state index is 12.9. The van der Waals surface area contributed by atoms with Crippen LogP contribution in [0.4, 0.5) is 4.39 Å². The van der Waals surface area contributed by atoms with Crippen LogP contribution < -0.4 is 5.73 Å². The zero-order valence-corrected chi connectivity index (χ0v) is 7.82. The second kappa shape index (κ2) is 3.42. The summed E-state index contributed by atoms with van der Waals surface area (Å²) in [4.78, 5) is 0. The van der Waals surface area contributed by atoms with E-state index in [4.69, 9.17) is 17.3 Å². The lowest BCUT2D eigenvalue weighted by atomic mass is 10.1. The van der Waals surface area contributed by atoms with Crippen molar-refractivity contribution in [1.82, 2.24) is 0 Å². The number of rotatable bonds is 1. The molecule has 0 amide bonds. The molecule has 1 aromatic rings. The smallest absolute Gasteiger partial charge is 0.127 e. The van der Waals surface area contributed by atoms with Crippen LogP contribution in [0.25, 0.3) is 0 Å². The highest BCUT2D eigenvalue weighted by molar-refractivity contribution is 6.31. The Kier molecular flexibility index (Phi) is 2.70. The Hall–Kier alpha value is -0.600. The van der Waals surface area contributed by atoms with E-state index in [0.717, 1.165) is 5.56 Å². The predicted molar refractivity (Wildman–Crippen MR) is 48.7 cm³/mol. The monoisotopic (exact) mass is 187 g/mol. The van der Waals surface area contributed by atoms with Crippen LogP contribution >= 0.6 is 11.6 Å². The first kappa shape index (κ1) is 9.49. The minimum absolute atomic E-state index is 0.156. The van der Waals surface area contributed by atoms with Gasteiger partial charge in [0, 0.05) is 11.1 Å². The van der Waals surface area contributed by atoms with Crippen LogP contribution in [-0.2, 0) is 0 Å². The molecule has 0 aliphatic rings. The lowest BCUT2D eigenvalue weighted by Gasteiger charge is -2.09. The van der Waals surface area contributed by atoms with Gasteiger partial charge in [-0.15, -0.1) is 0 Å². The van der Waals surface area contributed by atoms with E-state index in [1.165, 1.54) is 6.07 Å².